The molecule has 4 heteroatoms. The average Bonchev–Trinajstić information content (AvgIpc) is 1.96. The lowest BCUT2D eigenvalue weighted by atomic mass is 9.87. The smallest absolute Gasteiger partial charge is 0.209 e. The molecule has 0 aromatic heterocycles. The molecule has 1 aromatic rings. The fraction of sp³-hybridized carbons (Fsp3) is 0.500. The van der Waals surface area contributed by atoms with Crippen LogP contribution < -0.4 is 5.14 Å². The van der Waals surface area contributed by atoms with Gasteiger partial charge in [-0.1, -0.05) is 43.7 Å². The second-order valence-corrected chi connectivity index (χ2v) is 6.75. The third-order valence-electron chi connectivity index (χ3n) is 2.36. The molecule has 0 unspecified atom stereocenters. The molecule has 0 aliphatic carbocycles. The lowest BCUT2D eigenvalue weighted by Crippen LogP contribution is -2.30. The molecule has 0 atom stereocenters. The molecule has 16 heavy (non-hydrogen) atoms. The van der Waals surface area contributed by atoms with Crippen molar-refractivity contribution in [1.29, 1.82) is 0 Å². The summed E-state index contributed by atoms with van der Waals surface area (Å²) in [4.78, 5) is 0. The lowest BCUT2D eigenvalue weighted by Gasteiger charge is -2.23. The van der Waals surface area contributed by atoms with Gasteiger partial charge in [0.15, 0.2) is 0 Å². The van der Waals surface area contributed by atoms with Gasteiger partial charge in [0, 0.05) is 0 Å². The summed E-state index contributed by atoms with van der Waals surface area (Å²) in [6.45, 7) is 5.86. The number of primary sulfonamides is 1. The molecule has 1 aromatic carbocycles. The van der Waals surface area contributed by atoms with E-state index in [1.165, 1.54) is 5.56 Å². The van der Waals surface area contributed by atoms with E-state index < -0.39 is 10.0 Å². The third-order valence-corrected chi connectivity index (χ3v) is 3.54. The Labute approximate surface area is 97.7 Å². The molecule has 0 aliphatic rings. The van der Waals surface area contributed by atoms with E-state index in [4.69, 9.17) is 5.14 Å². The van der Waals surface area contributed by atoms with Crippen molar-refractivity contribution in [2.75, 3.05) is 5.75 Å². The number of rotatable bonds is 4. The van der Waals surface area contributed by atoms with Gasteiger partial charge in [0.25, 0.3) is 0 Å². The monoisotopic (exact) mass is 241 g/mol. The van der Waals surface area contributed by atoms with Crippen molar-refractivity contribution in [3.05, 3.63) is 35.4 Å². The Balaban J connectivity index is 2.80. The molecule has 0 bridgehead atoms. The summed E-state index contributed by atoms with van der Waals surface area (Å²) in [6.07, 6.45) is 0.713. The van der Waals surface area contributed by atoms with Gasteiger partial charge in [0.1, 0.15) is 0 Å². The van der Waals surface area contributed by atoms with Crippen LogP contribution in [-0.4, -0.2) is 14.2 Å². The minimum Gasteiger partial charge on any atom is -0.229 e. The fourth-order valence-electron chi connectivity index (χ4n) is 1.97. The van der Waals surface area contributed by atoms with Crippen molar-refractivity contribution in [3.63, 3.8) is 0 Å². The van der Waals surface area contributed by atoms with Crippen LogP contribution in [0.1, 0.15) is 25.0 Å². The van der Waals surface area contributed by atoms with E-state index in [2.05, 4.69) is 6.07 Å². The Kier molecular flexibility index (Phi) is 3.76. The normalized spacial score (nSPS) is 12.8. The molecule has 0 saturated heterocycles. The number of hydrogen-bond acceptors (Lipinski definition) is 2. The zero-order valence-corrected chi connectivity index (χ0v) is 10.8. The summed E-state index contributed by atoms with van der Waals surface area (Å²) >= 11 is 0. The minimum absolute atomic E-state index is 0.00788. The number of benzene rings is 1. The predicted octanol–water partition coefficient (Wildman–Crippen LogP) is 1.85. The maximum atomic E-state index is 11.1. The van der Waals surface area contributed by atoms with E-state index in [1.807, 2.05) is 39.0 Å². The molecular formula is C12H19NO2S. The minimum atomic E-state index is -3.41. The Morgan fingerprint density at radius 2 is 1.94 bits per heavy atom. The zero-order chi connectivity index (χ0) is 12.4. The van der Waals surface area contributed by atoms with Crippen LogP contribution in [0, 0.1) is 12.3 Å². The van der Waals surface area contributed by atoms with Gasteiger partial charge in [0.2, 0.25) is 10.0 Å². The van der Waals surface area contributed by atoms with Gasteiger partial charge in [-0.15, -0.1) is 0 Å². The van der Waals surface area contributed by atoms with Gasteiger partial charge < -0.3 is 0 Å². The standard InChI is InChI=1S/C12H19NO2S/c1-10-5-4-6-11(7-10)8-12(2,3)9-16(13,14)15/h4-7H,8-9H2,1-3H3,(H2,13,14,15). The molecule has 0 radical (unpaired) electrons. The largest absolute Gasteiger partial charge is 0.229 e. The van der Waals surface area contributed by atoms with Crippen LogP contribution in [-0.2, 0) is 16.4 Å². The summed E-state index contributed by atoms with van der Waals surface area (Å²) in [7, 11) is -3.41. The van der Waals surface area contributed by atoms with Crippen LogP contribution in [0.2, 0.25) is 0 Å². The van der Waals surface area contributed by atoms with Crippen molar-refractivity contribution in [3.8, 4) is 0 Å². The summed E-state index contributed by atoms with van der Waals surface area (Å²) in [5.41, 5.74) is 2.00. The van der Waals surface area contributed by atoms with Crippen LogP contribution >= 0.6 is 0 Å². The highest BCUT2D eigenvalue weighted by atomic mass is 32.2. The maximum absolute atomic E-state index is 11.1. The first-order chi connectivity index (χ1) is 7.18. The van der Waals surface area contributed by atoms with Crippen LogP contribution in [0.25, 0.3) is 0 Å². The number of aryl methyl sites for hydroxylation is 1. The molecule has 2 N–H and O–H groups in total. The van der Waals surface area contributed by atoms with Crippen LogP contribution in [0.5, 0.6) is 0 Å². The van der Waals surface area contributed by atoms with Crippen molar-refractivity contribution in [2.45, 2.75) is 27.2 Å². The van der Waals surface area contributed by atoms with Gasteiger partial charge in [-0.05, 0) is 24.3 Å². The quantitative estimate of drug-likeness (QED) is 0.874. The summed E-state index contributed by atoms with van der Waals surface area (Å²) < 4.78 is 22.2. The second-order valence-electron chi connectivity index (χ2n) is 5.14. The highest BCUT2D eigenvalue weighted by Crippen LogP contribution is 2.23. The first-order valence-electron chi connectivity index (χ1n) is 5.24. The van der Waals surface area contributed by atoms with Crippen molar-refractivity contribution in [2.24, 2.45) is 10.6 Å². The van der Waals surface area contributed by atoms with E-state index >= 15 is 0 Å². The lowest BCUT2D eigenvalue weighted by molar-refractivity contribution is 0.409. The highest BCUT2D eigenvalue weighted by Gasteiger charge is 2.24. The third kappa shape index (κ3) is 4.77. The molecular weight excluding hydrogens is 222 g/mol. The topological polar surface area (TPSA) is 60.2 Å². The van der Waals surface area contributed by atoms with E-state index in [0.29, 0.717) is 6.42 Å². The predicted molar refractivity (Wildman–Crippen MR) is 66.6 cm³/mol. The first-order valence-corrected chi connectivity index (χ1v) is 6.96. The second kappa shape index (κ2) is 4.55. The van der Waals surface area contributed by atoms with Gasteiger partial charge in [-0.25, -0.2) is 13.6 Å². The summed E-state index contributed by atoms with van der Waals surface area (Å²) in [5, 5.41) is 5.08. The molecule has 1 rings (SSSR count). The Morgan fingerprint density at radius 1 is 1.31 bits per heavy atom. The van der Waals surface area contributed by atoms with Crippen LogP contribution in [0.15, 0.2) is 24.3 Å². The fourth-order valence-corrected chi connectivity index (χ4v) is 3.16. The number of sulfonamides is 1. The Hall–Kier alpha value is -0.870. The zero-order valence-electron chi connectivity index (χ0n) is 10.0. The van der Waals surface area contributed by atoms with Gasteiger partial charge in [-0.2, -0.15) is 0 Å². The number of hydrogen-bond donors (Lipinski definition) is 1. The molecule has 0 aliphatic heterocycles. The first kappa shape index (κ1) is 13.2. The number of nitrogens with two attached hydrogens (primary N) is 1. The van der Waals surface area contributed by atoms with Crippen molar-refractivity contribution in [1.82, 2.24) is 0 Å². The SMILES string of the molecule is Cc1cccc(CC(C)(C)CS(N)(=O)=O)c1. The molecule has 0 amide bonds. The van der Waals surface area contributed by atoms with Gasteiger partial charge in [0.05, 0.1) is 5.75 Å². The van der Waals surface area contributed by atoms with Gasteiger partial charge in [-0.3, -0.25) is 0 Å². The molecule has 90 valence electrons. The van der Waals surface area contributed by atoms with Crippen LogP contribution in [0.4, 0.5) is 0 Å². The summed E-state index contributed by atoms with van der Waals surface area (Å²) in [5.74, 6) is 0.00788. The molecule has 0 saturated carbocycles. The average molecular weight is 241 g/mol. The highest BCUT2D eigenvalue weighted by molar-refractivity contribution is 7.89. The van der Waals surface area contributed by atoms with E-state index in [9.17, 15) is 8.42 Å². The summed E-state index contributed by atoms with van der Waals surface area (Å²) in [6, 6.07) is 8.09. The van der Waals surface area contributed by atoms with Gasteiger partial charge >= 0.3 is 0 Å². The maximum Gasteiger partial charge on any atom is 0.209 e. The van der Waals surface area contributed by atoms with E-state index in [1.54, 1.807) is 0 Å². The molecule has 3 nitrogen and oxygen atoms in total. The van der Waals surface area contributed by atoms with E-state index in [0.717, 1.165) is 5.56 Å². The van der Waals surface area contributed by atoms with Crippen LogP contribution in [0.3, 0.4) is 0 Å². The van der Waals surface area contributed by atoms with Crippen molar-refractivity contribution < 1.29 is 8.42 Å². The Morgan fingerprint density at radius 3 is 2.44 bits per heavy atom. The van der Waals surface area contributed by atoms with Crippen molar-refractivity contribution >= 4 is 10.0 Å². The van der Waals surface area contributed by atoms with E-state index in [-0.39, 0.29) is 11.2 Å². The Bertz CT molecular complexity index is 464. The molecule has 0 heterocycles. The molecule has 0 spiro atoms. The molecule has 0 fully saturated rings.